The summed E-state index contributed by atoms with van der Waals surface area (Å²) in [5.41, 5.74) is 1.72. The number of amides is 1. The lowest BCUT2D eigenvalue weighted by Crippen LogP contribution is -2.28. The van der Waals surface area contributed by atoms with Crippen LogP contribution in [0.15, 0.2) is 54.6 Å². The first kappa shape index (κ1) is 29.8. The fraction of sp³-hybridized carbons (Fsp3) is 0.483. The molecule has 0 heterocycles. The van der Waals surface area contributed by atoms with Gasteiger partial charge in [0.2, 0.25) is 0 Å². The van der Waals surface area contributed by atoms with Crippen LogP contribution in [-0.2, 0) is 32.2 Å². The fourth-order valence-corrected chi connectivity index (χ4v) is 3.64. The Kier molecular flexibility index (Phi) is 14.5. The predicted molar refractivity (Wildman–Crippen MR) is 140 cm³/mol. The van der Waals surface area contributed by atoms with E-state index in [1.54, 1.807) is 24.3 Å². The van der Waals surface area contributed by atoms with E-state index >= 15 is 0 Å². The van der Waals surface area contributed by atoms with Gasteiger partial charge in [-0.2, -0.15) is 0 Å². The molecule has 1 amide bonds. The third kappa shape index (κ3) is 12.9. The minimum Gasteiger partial charge on any atom is -0.464 e. The van der Waals surface area contributed by atoms with Crippen molar-refractivity contribution in [1.29, 1.82) is 0 Å². The van der Waals surface area contributed by atoms with Crippen molar-refractivity contribution in [3.63, 3.8) is 0 Å². The van der Waals surface area contributed by atoms with Crippen molar-refractivity contribution in [3.05, 3.63) is 71.3 Å². The van der Waals surface area contributed by atoms with Gasteiger partial charge in [0.15, 0.2) is 0 Å². The molecule has 0 saturated heterocycles. The van der Waals surface area contributed by atoms with E-state index in [2.05, 4.69) is 12.2 Å². The molecule has 8 nitrogen and oxygen atoms in total. The van der Waals surface area contributed by atoms with Crippen LogP contribution in [0.5, 0.6) is 0 Å². The van der Waals surface area contributed by atoms with Crippen LogP contribution in [0.25, 0.3) is 0 Å². The maximum Gasteiger partial charge on any atom is 0.407 e. The maximum atomic E-state index is 12.5. The summed E-state index contributed by atoms with van der Waals surface area (Å²) < 4.78 is 15.7. The SMILES string of the molecule is CCCCCCCC(O)CCC(=O)OCCNC(=O)OCc1ccccc1C(=O)OCc1ccccc1. The molecular formula is C29H39NO7. The molecule has 0 bridgehead atoms. The lowest BCUT2D eigenvalue weighted by Gasteiger charge is -2.12. The lowest BCUT2D eigenvalue weighted by molar-refractivity contribution is -0.144. The van der Waals surface area contributed by atoms with Gasteiger partial charge in [-0.1, -0.05) is 87.6 Å². The molecule has 8 heteroatoms. The number of alkyl carbamates (subject to hydrolysis) is 1. The van der Waals surface area contributed by atoms with Crippen LogP contribution in [0.4, 0.5) is 4.79 Å². The Morgan fingerprint density at radius 1 is 0.838 bits per heavy atom. The molecule has 37 heavy (non-hydrogen) atoms. The largest absolute Gasteiger partial charge is 0.464 e. The molecule has 2 rings (SSSR count). The van der Waals surface area contributed by atoms with Gasteiger partial charge in [-0.25, -0.2) is 9.59 Å². The summed E-state index contributed by atoms with van der Waals surface area (Å²) in [5.74, 6) is -0.917. The minimum absolute atomic E-state index is 0.00342. The molecule has 0 aliphatic carbocycles. The minimum atomic E-state index is -0.693. The second-order valence-electron chi connectivity index (χ2n) is 8.84. The summed E-state index contributed by atoms with van der Waals surface area (Å²) in [4.78, 5) is 36.4. The number of aliphatic hydroxyl groups excluding tert-OH is 1. The predicted octanol–water partition coefficient (Wildman–Crippen LogP) is 5.31. The molecule has 0 saturated carbocycles. The highest BCUT2D eigenvalue weighted by Gasteiger charge is 2.14. The van der Waals surface area contributed by atoms with E-state index in [9.17, 15) is 19.5 Å². The highest BCUT2D eigenvalue weighted by Crippen LogP contribution is 2.14. The van der Waals surface area contributed by atoms with E-state index < -0.39 is 24.1 Å². The summed E-state index contributed by atoms with van der Waals surface area (Å²) in [6.45, 7) is 2.28. The summed E-state index contributed by atoms with van der Waals surface area (Å²) >= 11 is 0. The zero-order valence-corrected chi connectivity index (χ0v) is 21.7. The van der Waals surface area contributed by atoms with Crippen molar-refractivity contribution >= 4 is 18.0 Å². The topological polar surface area (TPSA) is 111 Å². The molecule has 0 aliphatic heterocycles. The van der Waals surface area contributed by atoms with Gasteiger partial charge in [0.1, 0.15) is 19.8 Å². The number of esters is 2. The van der Waals surface area contributed by atoms with Crippen LogP contribution in [-0.4, -0.2) is 42.4 Å². The molecule has 0 fully saturated rings. The van der Waals surface area contributed by atoms with Gasteiger partial charge in [-0.05, 0) is 24.5 Å². The summed E-state index contributed by atoms with van der Waals surface area (Å²) in [6.07, 6.45) is 5.63. The molecule has 0 aromatic heterocycles. The van der Waals surface area contributed by atoms with Crippen LogP contribution in [0.3, 0.4) is 0 Å². The van der Waals surface area contributed by atoms with Gasteiger partial charge in [-0.3, -0.25) is 4.79 Å². The maximum absolute atomic E-state index is 12.5. The van der Waals surface area contributed by atoms with Crippen molar-refractivity contribution in [2.45, 2.75) is 77.6 Å². The summed E-state index contributed by atoms with van der Waals surface area (Å²) in [6, 6.07) is 16.1. The van der Waals surface area contributed by atoms with Gasteiger partial charge in [-0.15, -0.1) is 0 Å². The number of benzene rings is 2. The van der Waals surface area contributed by atoms with Crippen molar-refractivity contribution in [3.8, 4) is 0 Å². The van der Waals surface area contributed by atoms with Crippen molar-refractivity contribution in [1.82, 2.24) is 5.32 Å². The zero-order chi connectivity index (χ0) is 26.7. The number of nitrogens with one attached hydrogen (secondary N) is 1. The molecule has 202 valence electrons. The van der Waals surface area contributed by atoms with E-state index in [1.807, 2.05) is 30.3 Å². The second kappa shape index (κ2) is 17.9. The van der Waals surface area contributed by atoms with E-state index in [-0.39, 0.29) is 32.8 Å². The fourth-order valence-electron chi connectivity index (χ4n) is 3.64. The summed E-state index contributed by atoms with van der Waals surface area (Å²) in [5, 5.41) is 12.5. The summed E-state index contributed by atoms with van der Waals surface area (Å²) in [7, 11) is 0. The first-order valence-electron chi connectivity index (χ1n) is 13.0. The third-order valence-corrected chi connectivity index (χ3v) is 5.77. The lowest BCUT2D eigenvalue weighted by atomic mass is 10.1. The van der Waals surface area contributed by atoms with Crippen LogP contribution in [0.2, 0.25) is 0 Å². The number of ether oxygens (including phenoxy) is 3. The molecule has 0 aliphatic rings. The smallest absolute Gasteiger partial charge is 0.407 e. The van der Waals surface area contributed by atoms with Crippen LogP contribution >= 0.6 is 0 Å². The average molecular weight is 514 g/mol. The Labute approximate surface area is 219 Å². The van der Waals surface area contributed by atoms with E-state index in [1.165, 1.54) is 19.3 Å². The average Bonchev–Trinajstić information content (AvgIpc) is 2.92. The monoisotopic (exact) mass is 513 g/mol. The van der Waals surface area contributed by atoms with E-state index in [0.29, 0.717) is 24.0 Å². The number of carbonyl (C=O) groups excluding carboxylic acids is 3. The Morgan fingerprint density at radius 3 is 2.35 bits per heavy atom. The zero-order valence-electron chi connectivity index (χ0n) is 21.7. The third-order valence-electron chi connectivity index (χ3n) is 5.77. The van der Waals surface area contributed by atoms with Gasteiger partial charge in [0, 0.05) is 12.0 Å². The van der Waals surface area contributed by atoms with Crippen molar-refractivity contribution in [2.75, 3.05) is 13.2 Å². The number of unbranched alkanes of at least 4 members (excludes halogenated alkanes) is 4. The second-order valence-corrected chi connectivity index (χ2v) is 8.84. The standard InChI is InChI=1S/C29H39NO7/c1-2-3-4-5-9-15-25(31)17-18-27(32)35-20-19-30-29(34)37-22-24-14-10-11-16-26(24)28(33)36-21-23-12-7-6-8-13-23/h6-8,10-14,16,25,31H,2-5,9,15,17-22H2,1H3,(H,30,34). The van der Waals surface area contributed by atoms with Crippen LogP contribution in [0, 0.1) is 0 Å². The van der Waals surface area contributed by atoms with Crippen LogP contribution < -0.4 is 5.32 Å². The molecule has 1 atom stereocenters. The molecule has 2 aromatic carbocycles. The van der Waals surface area contributed by atoms with E-state index in [4.69, 9.17) is 14.2 Å². The van der Waals surface area contributed by atoms with Gasteiger partial charge in [0.05, 0.1) is 18.2 Å². The van der Waals surface area contributed by atoms with Gasteiger partial charge < -0.3 is 24.6 Å². The van der Waals surface area contributed by atoms with Crippen molar-refractivity contribution < 1.29 is 33.7 Å². The number of hydrogen-bond donors (Lipinski definition) is 2. The Hall–Kier alpha value is -3.39. The molecule has 2 N–H and O–H groups in total. The van der Waals surface area contributed by atoms with Gasteiger partial charge in [0.25, 0.3) is 0 Å². The highest BCUT2D eigenvalue weighted by atomic mass is 16.6. The molecule has 1 unspecified atom stereocenters. The molecular weight excluding hydrogens is 474 g/mol. The number of aliphatic hydroxyl groups is 1. The number of rotatable bonds is 17. The molecule has 0 spiro atoms. The Bertz CT molecular complexity index is 948. The number of carbonyl (C=O) groups is 3. The Morgan fingerprint density at radius 2 is 1.57 bits per heavy atom. The van der Waals surface area contributed by atoms with Crippen molar-refractivity contribution in [2.24, 2.45) is 0 Å². The molecule has 0 radical (unpaired) electrons. The van der Waals surface area contributed by atoms with E-state index in [0.717, 1.165) is 18.4 Å². The normalized spacial score (nSPS) is 11.4. The quantitative estimate of drug-likeness (QED) is 0.167. The van der Waals surface area contributed by atoms with Gasteiger partial charge >= 0.3 is 18.0 Å². The highest BCUT2D eigenvalue weighted by molar-refractivity contribution is 5.91. The number of hydrogen-bond acceptors (Lipinski definition) is 7. The molecule has 2 aromatic rings. The van der Waals surface area contributed by atoms with Crippen LogP contribution in [0.1, 0.15) is 79.8 Å². The first-order chi connectivity index (χ1) is 18.0. The first-order valence-corrected chi connectivity index (χ1v) is 13.0. The Balaban J connectivity index is 1.60.